The predicted molar refractivity (Wildman–Crippen MR) is 93.0 cm³/mol. The molecule has 0 saturated carbocycles. The first kappa shape index (κ1) is 18.3. The summed E-state index contributed by atoms with van der Waals surface area (Å²) in [5.41, 5.74) is 7.21. The van der Waals surface area contributed by atoms with Gasteiger partial charge in [0.15, 0.2) is 0 Å². The zero-order chi connectivity index (χ0) is 16.3. The molecule has 2 atom stereocenters. The number of rotatable bonds is 3. The maximum atomic E-state index is 12.2. The van der Waals surface area contributed by atoms with Crippen LogP contribution in [-0.4, -0.2) is 35.2 Å². The van der Waals surface area contributed by atoms with Gasteiger partial charge in [-0.1, -0.05) is 12.1 Å². The molecule has 1 aliphatic heterocycles. The molecule has 1 aromatic heterocycles. The molecule has 1 aromatic carbocycles. The first-order valence-electron chi connectivity index (χ1n) is 7.39. The first-order valence-corrected chi connectivity index (χ1v) is 7.39. The Hall–Kier alpha value is -2.06. The maximum Gasteiger partial charge on any atom is 0.275 e. The minimum Gasteiger partial charge on any atom is -0.350 e. The van der Waals surface area contributed by atoms with Crippen molar-refractivity contribution in [3.63, 3.8) is 0 Å². The predicted octanol–water partition coefficient (Wildman–Crippen LogP) is 1.27. The number of carbonyl (C=O) groups excluding carboxylic acids is 1. The van der Waals surface area contributed by atoms with Crippen molar-refractivity contribution in [1.29, 1.82) is 0 Å². The minimum atomic E-state index is -0.537. The summed E-state index contributed by atoms with van der Waals surface area (Å²) in [7, 11) is 0. The van der Waals surface area contributed by atoms with E-state index in [1.807, 2.05) is 31.2 Å². The summed E-state index contributed by atoms with van der Waals surface area (Å²) in [6.07, 6.45) is 4.07. The Kier molecular flexibility index (Phi) is 5.84. The van der Waals surface area contributed by atoms with Crippen LogP contribution in [0.3, 0.4) is 0 Å². The van der Waals surface area contributed by atoms with Crippen LogP contribution in [0.4, 0.5) is 5.69 Å². The number of morpholine rings is 1. The SMILES string of the molecule is CC1(c2cccc(NC(=O)c3cnccn3)c2)CNCC(N)O1.Cl. The summed E-state index contributed by atoms with van der Waals surface area (Å²) in [4.78, 5) is 20.0. The molecule has 1 saturated heterocycles. The molecule has 24 heavy (non-hydrogen) atoms. The molecular formula is C16H20ClN5O2. The number of benzene rings is 1. The highest BCUT2D eigenvalue weighted by Crippen LogP contribution is 2.29. The van der Waals surface area contributed by atoms with Crippen molar-refractivity contribution in [1.82, 2.24) is 15.3 Å². The van der Waals surface area contributed by atoms with E-state index in [1.54, 1.807) is 0 Å². The molecule has 4 N–H and O–H groups in total. The van der Waals surface area contributed by atoms with Gasteiger partial charge in [-0.3, -0.25) is 9.78 Å². The van der Waals surface area contributed by atoms with Crippen molar-refractivity contribution in [3.05, 3.63) is 54.1 Å². The lowest BCUT2D eigenvalue weighted by atomic mass is 9.94. The van der Waals surface area contributed by atoms with Gasteiger partial charge in [0.05, 0.1) is 6.20 Å². The smallest absolute Gasteiger partial charge is 0.275 e. The Morgan fingerprint density at radius 2 is 2.29 bits per heavy atom. The van der Waals surface area contributed by atoms with E-state index in [4.69, 9.17) is 10.5 Å². The van der Waals surface area contributed by atoms with Crippen molar-refractivity contribution in [2.45, 2.75) is 18.8 Å². The van der Waals surface area contributed by atoms with Crippen LogP contribution in [0, 0.1) is 0 Å². The zero-order valence-corrected chi connectivity index (χ0v) is 14.0. The molecule has 1 fully saturated rings. The number of anilines is 1. The Morgan fingerprint density at radius 3 is 3.00 bits per heavy atom. The lowest BCUT2D eigenvalue weighted by Gasteiger charge is -2.38. The maximum absolute atomic E-state index is 12.2. The summed E-state index contributed by atoms with van der Waals surface area (Å²) in [6.45, 7) is 3.25. The summed E-state index contributed by atoms with van der Waals surface area (Å²) in [5, 5.41) is 6.07. The van der Waals surface area contributed by atoms with Crippen LogP contribution in [0.1, 0.15) is 23.0 Å². The first-order chi connectivity index (χ1) is 11.1. The van der Waals surface area contributed by atoms with E-state index in [1.165, 1.54) is 18.6 Å². The van der Waals surface area contributed by atoms with Crippen molar-refractivity contribution in [2.75, 3.05) is 18.4 Å². The van der Waals surface area contributed by atoms with Gasteiger partial charge >= 0.3 is 0 Å². The van der Waals surface area contributed by atoms with Gasteiger partial charge in [0.2, 0.25) is 0 Å². The standard InChI is InChI=1S/C16H19N5O2.ClH/c1-16(10-19-9-14(17)23-16)11-3-2-4-12(7-11)21-15(22)13-8-18-5-6-20-13;/h2-8,14,19H,9-10,17H2,1H3,(H,21,22);1H. The van der Waals surface area contributed by atoms with Crippen molar-refractivity contribution < 1.29 is 9.53 Å². The van der Waals surface area contributed by atoms with Gasteiger partial charge in [-0.2, -0.15) is 0 Å². The molecular weight excluding hydrogens is 330 g/mol. The Labute approximate surface area is 146 Å². The van der Waals surface area contributed by atoms with Gasteiger partial charge in [0.1, 0.15) is 17.5 Å². The van der Waals surface area contributed by atoms with Gasteiger partial charge in [-0.25, -0.2) is 4.98 Å². The van der Waals surface area contributed by atoms with E-state index in [2.05, 4.69) is 20.6 Å². The fourth-order valence-electron chi connectivity index (χ4n) is 2.58. The van der Waals surface area contributed by atoms with Crippen LogP contribution >= 0.6 is 12.4 Å². The number of nitrogens with zero attached hydrogens (tertiary/aromatic N) is 2. The highest BCUT2D eigenvalue weighted by Gasteiger charge is 2.33. The van der Waals surface area contributed by atoms with Crippen LogP contribution in [0.25, 0.3) is 0 Å². The molecule has 3 rings (SSSR count). The molecule has 7 nitrogen and oxygen atoms in total. The van der Waals surface area contributed by atoms with E-state index >= 15 is 0 Å². The van der Waals surface area contributed by atoms with Crippen LogP contribution in [0.5, 0.6) is 0 Å². The molecule has 2 aromatic rings. The Balaban J connectivity index is 0.00000208. The Bertz CT molecular complexity index is 700. The fourth-order valence-corrected chi connectivity index (χ4v) is 2.58. The molecule has 0 bridgehead atoms. The van der Waals surface area contributed by atoms with Crippen molar-refractivity contribution in [2.24, 2.45) is 5.73 Å². The highest BCUT2D eigenvalue weighted by molar-refractivity contribution is 6.02. The van der Waals surface area contributed by atoms with E-state index in [-0.39, 0.29) is 30.2 Å². The number of hydrogen-bond donors (Lipinski definition) is 3. The normalized spacial score (nSPS) is 23.2. The number of aromatic nitrogens is 2. The summed E-state index contributed by atoms with van der Waals surface area (Å²) < 4.78 is 5.88. The zero-order valence-electron chi connectivity index (χ0n) is 13.2. The second kappa shape index (κ2) is 7.67. The molecule has 1 amide bonds. The van der Waals surface area contributed by atoms with E-state index in [9.17, 15) is 4.79 Å². The lowest BCUT2D eigenvalue weighted by molar-refractivity contribution is -0.107. The number of hydrogen-bond acceptors (Lipinski definition) is 6. The van der Waals surface area contributed by atoms with Gasteiger partial charge in [0.25, 0.3) is 5.91 Å². The van der Waals surface area contributed by atoms with Crippen LogP contribution in [0.2, 0.25) is 0 Å². The third-order valence-electron chi connectivity index (χ3n) is 3.75. The molecule has 1 aliphatic rings. The van der Waals surface area contributed by atoms with E-state index in [0.717, 1.165) is 5.56 Å². The van der Waals surface area contributed by atoms with Crippen molar-refractivity contribution >= 4 is 24.0 Å². The molecule has 128 valence electrons. The second-order valence-electron chi connectivity index (χ2n) is 5.64. The molecule has 2 heterocycles. The molecule has 2 unspecified atom stereocenters. The summed E-state index contributed by atoms with van der Waals surface area (Å²) >= 11 is 0. The second-order valence-corrected chi connectivity index (χ2v) is 5.64. The van der Waals surface area contributed by atoms with E-state index < -0.39 is 5.60 Å². The minimum absolute atomic E-state index is 0. The number of halogens is 1. The topological polar surface area (TPSA) is 102 Å². The highest BCUT2D eigenvalue weighted by atomic mass is 35.5. The average molecular weight is 350 g/mol. The average Bonchev–Trinajstić information content (AvgIpc) is 2.56. The molecule has 8 heteroatoms. The van der Waals surface area contributed by atoms with E-state index in [0.29, 0.717) is 18.8 Å². The third kappa shape index (κ3) is 4.07. The third-order valence-corrected chi connectivity index (χ3v) is 3.75. The van der Waals surface area contributed by atoms with Gasteiger partial charge in [-0.15, -0.1) is 12.4 Å². The van der Waals surface area contributed by atoms with Crippen LogP contribution < -0.4 is 16.4 Å². The van der Waals surface area contributed by atoms with Gasteiger partial charge in [-0.05, 0) is 24.6 Å². The van der Waals surface area contributed by atoms with Gasteiger partial charge in [0, 0.05) is 31.2 Å². The summed E-state index contributed by atoms with van der Waals surface area (Å²) in [6, 6.07) is 7.53. The number of nitrogens with one attached hydrogen (secondary N) is 2. The largest absolute Gasteiger partial charge is 0.350 e. The number of amides is 1. The van der Waals surface area contributed by atoms with Gasteiger partial charge < -0.3 is 21.1 Å². The number of ether oxygens (including phenoxy) is 1. The van der Waals surface area contributed by atoms with Crippen LogP contribution in [-0.2, 0) is 10.3 Å². The fraction of sp³-hybridized carbons (Fsp3) is 0.312. The Morgan fingerprint density at radius 1 is 1.46 bits per heavy atom. The number of nitrogens with two attached hydrogens (primary N) is 1. The monoisotopic (exact) mass is 349 g/mol. The van der Waals surface area contributed by atoms with Crippen LogP contribution in [0.15, 0.2) is 42.9 Å². The quantitative estimate of drug-likeness (QED) is 0.771. The molecule has 0 spiro atoms. The lowest BCUT2D eigenvalue weighted by Crippen LogP contribution is -2.53. The number of carbonyl (C=O) groups is 1. The summed E-state index contributed by atoms with van der Waals surface area (Å²) in [5.74, 6) is -0.306. The van der Waals surface area contributed by atoms with Crippen molar-refractivity contribution in [3.8, 4) is 0 Å². The molecule has 0 radical (unpaired) electrons. The molecule has 0 aliphatic carbocycles.